The van der Waals surface area contributed by atoms with Crippen LogP contribution in [0.4, 0.5) is 0 Å². The summed E-state index contributed by atoms with van der Waals surface area (Å²) in [6, 6.07) is 66.5. The molecule has 0 saturated carbocycles. The summed E-state index contributed by atoms with van der Waals surface area (Å²) < 4.78 is 7.50. The van der Waals surface area contributed by atoms with E-state index in [4.69, 9.17) is 0 Å². The van der Waals surface area contributed by atoms with Gasteiger partial charge in [-0.05, 0) is 76.9 Å². The Morgan fingerprint density at radius 2 is 0.843 bits per heavy atom. The van der Waals surface area contributed by atoms with E-state index in [1.165, 1.54) is 97.4 Å². The molecule has 3 aromatic heterocycles. The largest absolute Gasteiger partial charge is 0.309 e. The Hall–Kier alpha value is -6.42. The molecular formula is C48H30N2S. The molecule has 11 aromatic rings. The highest BCUT2D eigenvalue weighted by Crippen LogP contribution is 2.43. The highest BCUT2D eigenvalue weighted by Gasteiger charge is 2.17. The van der Waals surface area contributed by atoms with Crippen molar-refractivity contribution >= 4 is 75.1 Å². The number of aromatic nitrogens is 2. The molecule has 0 radical (unpaired) electrons. The number of fused-ring (bicyclic) bond motifs is 10. The first kappa shape index (κ1) is 28.4. The SMILES string of the molecule is c1cc(-c2ccc(-c3ccc(-n4c5ccccc5c5c6sc7ccccc7c6ccc54)cc3)cc2)cc(-n2c3ccccc3c3ccccc32)c1. The van der Waals surface area contributed by atoms with Crippen molar-refractivity contribution in [2.24, 2.45) is 0 Å². The van der Waals surface area contributed by atoms with Gasteiger partial charge in [0, 0.05) is 53.1 Å². The van der Waals surface area contributed by atoms with Gasteiger partial charge in [-0.1, -0.05) is 127 Å². The molecule has 3 heteroatoms. The van der Waals surface area contributed by atoms with Crippen LogP contribution in [0.1, 0.15) is 0 Å². The summed E-state index contributed by atoms with van der Waals surface area (Å²) in [5.41, 5.74) is 12.1. The summed E-state index contributed by atoms with van der Waals surface area (Å²) >= 11 is 1.90. The van der Waals surface area contributed by atoms with Crippen LogP contribution in [0, 0.1) is 0 Å². The van der Waals surface area contributed by atoms with E-state index in [1.807, 2.05) is 11.3 Å². The highest BCUT2D eigenvalue weighted by molar-refractivity contribution is 7.26. The minimum absolute atomic E-state index is 1.17. The van der Waals surface area contributed by atoms with Crippen LogP contribution >= 0.6 is 11.3 Å². The molecule has 0 aliphatic carbocycles. The molecule has 0 aliphatic heterocycles. The minimum Gasteiger partial charge on any atom is -0.309 e. The Balaban J connectivity index is 0.953. The second-order valence-electron chi connectivity index (χ2n) is 13.3. The Bertz CT molecular complexity index is 3070. The van der Waals surface area contributed by atoms with Gasteiger partial charge in [-0.2, -0.15) is 0 Å². The maximum absolute atomic E-state index is 2.42. The standard InChI is InChI=1S/C48H30N2S/c1-5-16-42-37(12-1)38-13-2-6-17-43(38)50(42)36-11-9-10-34(30-36)33-22-20-31(21-23-33)32-24-26-35(27-25-32)49-44-18-7-3-15-41(44)47-45(49)29-28-40-39-14-4-8-19-46(39)51-48(40)47/h1-30H. The second-order valence-corrected chi connectivity index (χ2v) is 14.4. The quantitative estimate of drug-likeness (QED) is 0.177. The van der Waals surface area contributed by atoms with Gasteiger partial charge in [0.2, 0.25) is 0 Å². The molecule has 0 amide bonds. The van der Waals surface area contributed by atoms with Crippen LogP contribution in [-0.4, -0.2) is 9.13 Å². The van der Waals surface area contributed by atoms with Gasteiger partial charge in [-0.25, -0.2) is 0 Å². The first-order valence-electron chi connectivity index (χ1n) is 17.4. The normalized spacial score (nSPS) is 11.9. The number of benzene rings is 8. The molecule has 8 aromatic carbocycles. The molecule has 3 heterocycles. The monoisotopic (exact) mass is 666 g/mol. The van der Waals surface area contributed by atoms with Gasteiger partial charge in [-0.3, -0.25) is 0 Å². The molecule has 51 heavy (non-hydrogen) atoms. The number of thiophene rings is 1. The van der Waals surface area contributed by atoms with Crippen LogP contribution in [0.15, 0.2) is 182 Å². The van der Waals surface area contributed by atoms with Crippen molar-refractivity contribution in [3.05, 3.63) is 182 Å². The maximum atomic E-state index is 2.42. The molecule has 0 N–H and O–H groups in total. The number of nitrogens with zero attached hydrogens (tertiary/aromatic N) is 2. The minimum atomic E-state index is 1.17. The number of rotatable bonds is 4. The average molecular weight is 667 g/mol. The van der Waals surface area contributed by atoms with Crippen LogP contribution in [0.5, 0.6) is 0 Å². The van der Waals surface area contributed by atoms with Crippen LogP contribution in [0.3, 0.4) is 0 Å². The van der Waals surface area contributed by atoms with Crippen molar-refractivity contribution in [1.82, 2.24) is 9.13 Å². The van der Waals surface area contributed by atoms with Crippen LogP contribution in [0.2, 0.25) is 0 Å². The van der Waals surface area contributed by atoms with Crippen molar-refractivity contribution in [3.8, 4) is 33.6 Å². The third kappa shape index (κ3) is 4.29. The summed E-state index contributed by atoms with van der Waals surface area (Å²) in [6.07, 6.45) is 0. The van der Waals surface area contributed by atoms with Crippen molar-refractivity contribution < 1.29 is 0 Å². The zero-order valence-corrected chi connectivity index (χ0v) is 28.4. The number of hydrogen-bond donors (Lipinski definition) is 0. The molecule has 0 fully saturated rings. The van der Waals surface area contributed by atoms with Gasteiger partial charge in [0.1, 0.15) is 0 Å². The zero-order chi connectivity index (χ0) is 33.5. The van der Waals surface area contributed by atoms with Crippen molar-refractivity contribution in [3.63, 3.8) is 0 Å². The Morgan fingerprint density at radius 1 is 0.314 bits per heavy atom. The first-order chi connectivity index (χ1) is 25.3. The van der Waals surface area contributed by atoms with E-state index in [0.29, 0.717) is 0 Å². The molecule has 11 rings (SSSR count). The predicted octanol–water partition coefficient (Wildman–Crippen LogP) is 13.6. The lowest BCUT2D eigenvalue weighted by Gasteiger charge is -2.11. The van der Waals surface area contributed by atoms with E-state index in [1.54, 1.807) is 0 Å². The lowest BCUT2D eigenvalue weighted by atomic mass is 10.00. The van der Waals surface area contributed by atoms with Gasteiger partial charge >= 0.3 is 0 Å². The Labute approximate surface area is 298 Å². The van der Waals surface area contributed by atoms with Gasteiger partial charge in [0.25, 0.3) is 0 Å². The van der Waals surface area contributed by atoms with Gasteiger partial charge in [-0.15, -0.1) is 11.3 Å². The molecule has 0 unspecified atom stereocenters. The smallest absolute Gasteiger partial charge is 0.0555 e. The van der Waals surface area contributed by atoms with E-state index in [-0.39, 0.29) is 0 Å². The average Bonchev–Trinajstić information content (AvgIpc) is 3.86. The topological polar surface area (TPSA) is 9.86 Å². The fourth-order valence-corrected chi connectivity index (χ4v) is 9.46. The fraction of sp³-hybridized carbons (Fsp3) is 0. The molecule has 238 valence electrons. The van der Waals surface area contributed by atoms with Crippen LogP contribution < -0.4 is 0 Å². The maximum Gasteiger partial charge on any atom is 0.0555 e. The molecule has 0 saturated heterocycles. The second kappa shape index (κ2) is 11.0. The summed E-state index contributed by atoms with van der Waals surface area (Å²) in [4.78, 5) is 0. The van der Waals surface area contributed by atoms with Gasteiger partial charge in [0.15, 0.2) is 0 Å². The predicted molar refractivity (Wildman–Crippen MR) is 219 cm³/mol. The summed E-state index contributed by atoms with van der Waals surface area (Å²) in [5.74, 6) is 0. The van der Waals surface area contributed by atoms with Gasteiger partial charge in [0.05, 0.1) is 22.1 Å². The number of hydrogen-bond acceptors (Lipinski definition) is 1. The van der Waals surface area contributed by atoms with Crippen molar-refractivity contribution in [2.75, 3.05) is 0 Å². The van der Waals surface area contributed by atoms with Crippen LogP contribution in [0.25, 0.3) is 97.4 Å². The highest BCUT2D eigenvalue weighted by atomic mass is 32.1. The third-order valence-electron chi connectivity index (χ3n) is 10.5. The first-order valence-corrected chi connectivity index (χ1v) is 18.3. The Kier molecular flexibility index (Phi) is 6.16. The molecule has 0 atom stereocenters. The molecule has 0 bridgehead atoms. The van der Waals surface area contributed by atoms with E-state index in [2.05, 4.69) is 191 Å². The lowest BCUT2D eigenvalue weighted by molar-refractivity contribution is 1.18. The van der Waals surface area contributed by atoms with E-state index < -0.39 is 0 Å². The lowest BCUT2D eigenvalue weighted by Crippen LogP contribution is -1.94. The van der Waals surface area contributed by atoms with Crippen molar-refractivity contribution in [2.45, 2.75) is 0 Å². The van der Waals surface area contributed by atoms with Crippen LogP contribution in [-0.2, 0) is 0 Å². The molecule has 0 aliphatic rings. The molecule has 0 spiro atoms. The summed E-state index contributed by atoms with van der Waals surface area (Å²) in [5, 5.41) is 7.87. The van der Waals surface area contributed by atoms with E-state index in [9.17, 15) is 0 Å². The van der Waals surface area contributed by atoms with E-state index >= 15 is 0 Å². The van der Waals surface area contributed by atoms with Crippen molar-refractivity contribution in [1.29, 1.82) is 0 Å². The third-order valence-corrected chi connectivity index (χ3v) is 11.7. The van der Waals surface area contributed by atoms with E-state index in [0.717, 1.165) is 0 Å². The summed E-state index contributed by atoms with van der Waals surface area (Å²) in [6.45, 7) is 0. The molecular weight excluding hydrogens is 637 g/mol. The number of para-hydroxylation sites is 3. The molecule has 2 nitrogen and oxygen atoms in total. The zero-order valence-electron chi connectivity index (χ0n) is 27.6. The van der Waals surface area contributed by atoms with Gasteiger partial charge < -0.3 is 9.13 Å². The fourth-order valence-electron chi connectivity index (χ4n) is 8.20. The Morgan fingerprint density at radius 3 is 1.53 bits per heavy atom. The summed E-state index contributed by atoms with van der Waals surface area (Å²) in [7, 11) is 0.